The average Bonchev–Trinajstić information content (AvgIpc) is 2.72. The second kappa shape index (κ2) is 4.53. The third-order valence-corrected chi connectivity index (χ3v) is 4.73. The van der Waals surface area contributed by atoms with Crippen molar-refractivity contribution in [3.05, 3.63) is 0 Å². The third kappa shape index (κ3) is 2.23. The Labute approximate surface area is 107 Å². The largest absolute Gasteiger partial charge is 0.426 e. The lowest BCUT2D eigenvalue weighted by atomic mass is 9.66. The summed E-state index contributed by atoms with van der Waals surface area (Å²) in [4.78, 5) is 0. The second-order valence-corrected chi connectivity index (χ2v) is 5.65. The van der Waals surface area contributed by atoms with E-state index in [-0.39, 0.29) is 12.3 Å². The van der Waals surface area contributed by atoms with Gasteiger partial charge < -0.3 is 5.11 Å². The summed E-state index contributed by atoms with van der Waals surface area (Å²) in [6.07, 6.45) is -8.90. The number of alkyl halides is 6. The fourth-order valence-electron chi connectivity index (χ4n) is 3.87. The van der Waals surface area contributed by atoms with Crippen molar-refractivity contribution in [1.82, 2.24) is 0 Å². The Morgan fingerprint density at radius 3 is 1.68 bits per heavy atom. The zero-order chi connectivity index (χ0) is 14.5. The highest BCUT2D eigenvalue weighted by atomic mass is 19.4. The van der Waals surface area contributed by atoms with Gasteiger partial charge in [-0.1, -0.05) is 25.7 Å². The summed E-state index contributed by atoms with van der Waals surface area (Å²) in [5, 5.41) is 9.51. The molecule has 19 heavy (non-hydrogen) atoms. The first-order valence-electron chi connectivity index (χ1n) is 6.45. The van der Waals surface area contributed by atoms with Gasteiger partial charge in [-0.3, -0.25) is 0 Å². The van der Waals surface area contributed by atoms with Crippen molar-refractivity contribution < 1.29 is 31.4 Å². The predicted octanol–water partition coefficient (Wildman–Crippen LogP) is 4.06. The Morgan fingerprint density at radius 2 is 1.21 bits per heavy atom. The standard InChI is InChI=1S/C12H16F6O/c13-11(14,15)10(19,12(16,17)18)9-6-2-4-7-3-1-5-8(7)9/h7-9,19H,1-6H2/t7-,8?,9?/m1/s1. The van der Waals surface area contributed by atoms with E-state index in [0.29, 0.717) is 32.1 Å². The van der Waals surface area contributed by atoms with Crippen LogP contribution in [0.5, 0.6) is 0 Å². The molecule has 7 heteroatoms. The van der Waals surface area contributed by atoms with E-state index >= 15 is 0 Å². The predicted molar refractivity (Wildman–Crippen MR) is 55.2 cm³/mol. The number of halogens is 6. The van der Waals surface area contributed by atoms with Crippen LogP contribution in [-0.4, -0.2) is 23.1 Å². The number of fused-ring (bicyclic) bond motifs is 1. The molecule has 3 atom stereocenters. The van der Waals surface area contributed by atoms with E-state index in [4.69, 9.17) is 0 Å². The molecular formula is C12H16F6O. The minimum absolute atomic E-state index is 0.102. The van der Waals surface area contributed by atoms with Crippen LogP contribution in [0.2, 0.25) is 0 Å². The lowest BCUT2D eigenvalue weighted by molar-refractivity contribution is -0.392. The first-order chi connectivity index (χ1) is 8.59. The summed E-state index contributed by atoms with van der Waals surface area (Å²) in [6, 6.07) is 0. The van der Waals surface area contributed by atoms with Crippen molar-refractivity contribution >= 4 is 0 Å². The molecule has 2 saturated carbocycles. The Bertz CT molecular complexity index is 320. The molecule has 2 aliphatic rings. The Balaban J connectivity index is 2.38. The highest BCUT2D eigenvalue weighted by Gasteiger charge is 2.75. The summed E-state index contributed by atoms with van der Waals surface area (Å²) >= 11 is 0. The zero-order valence-electron chi connectivity index (χ0n) is 10.2. The highest BCUT2D eigenvalue weighted by Crippen LogP contribution is 2.57. The molecule has 0 heterocycles. The molecule has 2 fully saturated rings. The molecule has 0 bridgehead atoms. The summed E-state index contributed by atoms with van der Waals surface area (Å²) < 4.78 is 77.2. The first-order valence-corrected chi connectivity index (χ1v) is 6.45. The molecule has 0 aromatic rings. The summed E-state index contributed by atoms with van der Waals surface area (Å²) in [6.45, 7) is 0. The SMILES string of the molecule is OC(C1CCC[C@H]2CCCC12)(C(F)(F)F)C(F)(F)F. The molecule has 112 valence electrons. The second-order valence-electron chi connectivity index (χ2n) is 5.65. The van der Waals surface area contributed by atoms with Gasteiger partial charge >= 0.3 is 12.4 Å². The monoisotopic (exact) mass is 290 g/mol. The average molecular weight is 290 g/mol. The van der Waals surface area contributed by atoms with Crippen molar-refractivity contribution in [2.45, 2.75) is 56.5 Å². The van der Waals surface area contributed by atoms with Gasteiger partial charge in [0.05, 0.1) is 0 Å². The summed E-state index contributed by atoms with van der Waals surface area (Å²) in [5.41, 5.74) is -4.56. The fourth-order valence-corrected chi connectivity index (χ4v) is 3.87. The fraction of sp³-hybridized carbons (Fsp3) is 1.00. The van der Waals surface area contributed by atoms with Crippen molar-refractivity contribution in [2.75, 3.05) is 0 Å². The van der Waals surface area contributed by atoms with Gasteiger partial charge in [0.15, 0.2) is 0 Å². The first kappa shape index (κ1) is 14.9. The minimum Gasteiger partial charge on any atom is -0.373 e. The minimum atomic E-state index is -5.68. The molecule has 2 rings (SSSR count). The van der Waals surface area contributed by atoms with Crippen LogP contribution in [0.4, 0.5) is 26.3 Å². The molecule has 2 aliphatic carbocycles. The van der Waals surface area contributed by atoms with Gasteiger partial charge in [-0.25, -0.2) is 0 Å². The van der Waals surface area contributed by atoms with Crippen molar-refractivity contribution in [2.24, 2.45) is 17.8 Å². The molecule has 1 nitrogen and oxygen atoms in total. The van der Waals surface area contributed by atoms with Crippen molar-refractivity contribution in [3.8, 4) is 0 Å². The van der Waals surface area contributed by atoms with E-state index in [9.17, 15) is 31.4 Å². The molecule has 0 spiro atoms. The van der Waals surface area contributed by atoms with Crippen molar-refractivity contribution in [1.29, 1.82) is 0 Å². The molecule has 0 aliphatic heterocycles. The van der Waals surface area contributed by atoms with Crippen LogP contribution in [0.15, 0.2) is 0 Å². The molecule has 0 radical (unpaired) electrons. The normalized spacial score (nSPS) is 33.3. The number of hydrogen-bond donors (Lipinski definition) is 1. The molecule has 0 amide bonds. The Morgan fingerprint density at radius 1 is 0.737 bits per heavy atom. The maximum Gasteiger partial charge on any atom is 0.426 e. The van der Waals surface area contributed by atoms with Crippen LogP contribution in [0.1, 0.15) is 38.5 Å². The van der Waals surface area contributed by atoms with E-state index in [0.717, 1.165) is 0 Å². The van der Waals surface area contributed by atoms with E-state index in [1.54, 1.807) is 0 Å². The van der Waals surface area contributed by atoms with Gasteiger partial charge in [-0.15, -0.1) is 0 Å². The lowest BCUT2D eigenvalue weighted by Gasteiger charge is -2.45. The number of aliphatic hydroxyl groups is 1. The Kier molecular flexibility index (Phi) is 3.56. The maximum atomic E-state index is 12.9. The van der Waals surface area contributed by atoms with Gasteiger partial charge in [0.2, 0.25) is 0 Å². The lowest BCUT2D eigenvalue weighted by Crippen LogP contribution is -2.64. The van der Waals surface area contributed by atoms with Crippen LogP contribution in [-0.2, 0) is 0 Å². The summed E-state index contributed by atoms with van der Waals surface area (Å²) in [7, 11) is 0. The molecule has 0 aromatic carbocycles. The Hall–Kier alpha value is -0.460. The van der Waals surface area contributed by atoms with Gasteiger partial charge in [0.25, 0.3) is 5.60 Å². The number of hydrogen-bond acceptors (Lipinski definition) is 1. The van der Waals surface area contributed by atoms with Gasteiger partial charge in [0, 0.05) is 5.92 Å². The van der Waals surface area contributed by atoms with Crippen LogP contribution in [0.3, 0.4) is 0 Å². The number of rotatable bonds is 1. The maximum absolute atomic E-state index is 12.9. The topological polar surface area (TPSA) is 20.2 Å². The van der Waals surface area contributed by atoms with Crippen LogP contribution < -0.4 is 0 Å². The highest BCUT2D eigenvalue weighted by molar-refractivity contribution is 5.04. The molecule has 0 saturated heterocycles. The van der Waals surface area contributed by atoms with Crippen LogP contribution in [0, 0.1) is 17.8 Å². The third-order valence-electron chi connectivity index (χ3n) is 4.73. The molecule has 0 aromatic heterocycles. The van der Waals surface area contributed by atoms with E-state index < -0.39 is 29.8 Å². The van der Waals surface area contributed by atoms with Crippen molar-refractivity contribution in [3.63, 3.8) is 0 Å². The summed E-state index contributed by atoms with van der Waals surface area (Å²) in [5.74, 6) is -2.52. The molecular weight excluding hydrogens is 274 g/mol. The van der Waals surface area contributed by atoms with Gasteiger partial charge in [-0.2, -0.15) is 26.3 Å². The zero-order valence-corrected chi connectivity index (χ0v) is 10.2. The van der Waals surface area contributed by atoms with Crippen LogP contribution in [0.25, 0.3) is 0 Å². The van der Waals surface area contributed by atoms with E-state index in [1.165, 1.54) is 0 Å². The van der Waals surface area contributed by atoms with E-state index in [2.05, 4.69) is 0 Å². The smallest absolute Gasteiger partial charge is 0.373 e. The molecule has 1 N–H and O–H groups in total. The van der Waals surface area contributed by atoms with Crippen LogP contribution >= 0.6 is 0 Å². The van der Waals surface area contributed by atoms with Gasteiger partial charge in [-0.05, 0) is 24.7 Å². The van der Waals surface area contributed by atoms with Gasteiger partial charge in [0.1, 0.15) is 0 Å². The van der Waals surface area contributed by atoms with E-state index in [1.807, 2.05) is 0 Å². The molecule has 2 unspecified atom stereocenters. The quantitative estimate of drug-likeness (QED) is 0.722.